The van der Waals surface area contributed by atoms with Gasteiger partial charge >= 0.3 is 0 Å². The second-order valence-electron chi connectivity index (χ2n) is 8.16. The van der Waals surface area contributed by atoms with Crippen molar-refractivity contribution >= 4 is 29.9 Å². The lowest BCUT2D eigenvalue weighted by Gasteiger charge is -2.36. The molecule has 2 aliphatic rings. The number of halogens is 1. The molecule has 2 aliphatic heterocycles. The summed E-state index contributed by atoms with van der Waals surface area (Å²) in [5.41, 5.74) is 2.57. The fourth-order valence-electron chi connectivity index (χ4n) is 4.51. The van der Waals surface area contributed by atoms with Crippen LogP contribution in [0.5, 0.6) is 0 Å². The van der Waals surface area contributed by atoms with Gasteiger partial charge in [0.2, 0.25) is 0 Å². The Hall–Kier alpha value is -1.68. The van der Waals surface area contributed by atoms with E-state index >= 15 is 0 Å². The molecule has 2 aromatic rings. The lowest BCUT2D eigenvalue weighted by Crippen LogP contribution is -2.47. The first-order chi connectivity index (χ1) is 14.2. The molecule has 2 unspecified atom stereocenters. The Labute approximate surface area is 196 Å². The quantitative estimate of drug-likeness (QED) is 0.363. The van der Waals surface area contributed by atoms with Gasteiger partial charge in [0.15, 0.2) is 5.96 Å². The van der Waals surface area contributed by atoms with Gasteiger partial charge in [-0.2, -0.15) is 5.10 Å². The van der Waals surface area contributed by atoms with Gasteiger partial charge in [-0.05, 0) is 38.2 Å². The molecule has 164 valence electrons. The van der Waals surface area contributed by atoms with Gasteiger partial charge in [-0.25, -0.2) is 4.98 Å². The van der Waals surface area contributed by atoms with E-state index in [0.29, 0.717) is 11.8 Å². The largest absolute Gasteiger partial charge is 0.373 e. The van der Waals surface area contributed by atoms with E-state index in [4.69, 9.17) is 4.74 Å². The summed E-state index contributed by atoms with van der Waals surface area (Å²) in [4.78, 5) is 11.2. The maximum atomic E-state index is 6.17. The molecule has 2 N–H and O–H groups in total. The van der Waals surface area contributed by atoms with Crippen molar-refractivity contribution < 1.29 is 4.74 Å². The maximum absolute atomic E-state index is 6.17. The third-order valence-corrected chi connectivity index (χ3v) is 6.20. The van der Waals surface area contributed by atoms with Crippen LogP contribution in [-0.2, 0) is 4.74 Å². The first-order valence-electron chi connectivity index (χ1n) is 10.7. The van der Waals surface area contributed by atoms with E-state index in [1.807, 2.05) is 7.05 Å². The molecule has 8 heteroatoms. The Kier molecular flexibility index (Phi) is 8.50. The van der Waals surface area contributed by atoms with Gasteiger partial charge < -0.3 is 15.0 Å². The summed E-state index contributed by atoms with van der Waals surface area (Å²) < 4.78 is 6.17. The molecule has 2 atom stereocenters. The highest BCUT2D eigenvalue weighted by atomic mass is 127. The molecule has 0 aliphatic carbocycles. The van der Waals surface area contributed by atoms with E-state index in [0.717, 1.165) is 57.3 Å². The highest BCUT2D eigenvalue weighted by Crippen LogP contribution is 2.33. The van der Waals surface area contributed by atoms with Crippen molar-refractivity contribution in [3.8, 4) is 0 Å². The van der Waals surface area contributed by atoms with Crippen LogP contribution in [0.2, 0.25) is 0 Å². The number of guanidine groups is 1. The van der Waals surface area contributed by atoms with Crippen LogP contribution < -0.4 is 5.32 Å². The maximum Gasteiger partial charge on any atom is 0.193 e. The molecule has 3 heterocycles. The topological polar surface area (TPSA) is 78.4 Å². The second-order valence-corrected chi connectivity index (χ2v) is 8.16. The minimum atomic E-state index is 0. The van der Waals surface area contributed by atoms with Crippen molar-refractivity contribution in [1.29, 1.82) is 0 Å². The van der Waals surface area contributed by atoms with E-state index in [9.17, 15) is 0 Å². The van der Waals surface area contributed by atoms with Crippen LogP contribution in [0, 0.1) is 12.8 Å². The first-order valence-corrected chi connectivity index (χ1v) is 10.7. The number of ether oxygens (including phenoxy) is 1. The fraction of sp³-hybridized carbons (Fsp3) is 0.591. The minimum Gasteiger partial charge on any atom is -0.373 e. The number of hydrogen-bond donors (Lipinski definition) is 2. The van der Waals surface area contributed by atoms with Crippen molar-refractivity contribution in [3.05, 3.63) is 47.5 Å². The van der Waals surface area contributed by atoms with E-state index in [2.05, 4.69) is 61.6 Å². The number of benzene rings is 1. The van der Waals surface area contributed by atoms with Gasteiger partial charge in [-0.15, -0.1) is 24.0 Å². The zero-order valence-corrected chi connectivity index (χ0v) is 20.2. The Morgan fingerprint density at radius 1 is 1.23 bits per heavy atom. The standard InChI is InChI=1S/C22H32N6O.HI/c1-16-5-7-17(8-6-16)20-19(4-3-13-29-20)14-24-22(23-2)28-11-9-18(10-12-28)21-25-15-26-27-21;/h5-8,15,18-20H,3-4,9-14H2,1-2H3,(H,23,24)(H,25,26,27);1H. The molecular formula is C22H33IN6O. The molecular weight excluding hydrogens is 491 g/mol. The summed E-state index contributed by atoms with van der Waals surface area (Å²) in [6.45, 7) is 5.81. The summed E-state index contributed by atoms with van der Waals surface area (Å²) >= 11 is 0. The monoisotopic (exact) mass is 524 g/mol. The van der Waals surface area contributed by atoms with Gasteiger partial charge in [0.05, 0.1) is 6.10 Å². The number of likely N-dealkylation sites (tertiary alicyclic amines) is 1. The molecule has 2 saturated heterocycles. The number of aromatic amines is 1. The zero-order chi connectivity index (χ0) is 20.1. The minimum absolute atomic E-state index is 0. The van der Waals surface area contributed by atoms with Gasteiger partial charge in [0, 0.05) is 45.1 Å². The smallest absolute Gasteiger partial charge is 0.193 e. The van der Waals surface area contributed by atoms with Crippen molar-refractivity contribution in [2.24, 2.45) is 10.9 Å². The summed E-state index contributed by atoms with van der Waals surface area (Å²) in [5.74, 6) is 2.92. The van der Waals surface area contributed by atoms with Crippen LogP contribution in [0.3, 0.4) is 0 Å². The SMILES string of the molecule is CN=C(NCC1CCCOC1c1ccc(C)cc1)N1CCC(c2ncn[nH]2)CC1.I. The fourth-order valence-corrected chi connectivity index (χ4v) is 4.51. The Morgan fingerprint density at radius 3 is 2.67 bits per heavy atom. The van der Waals surface area contributed by atoms with Crippen LogP contribution >= 0.6 is 24.0 Å². The van der Waals surface area contributed by atoms with Crippen molar-refractivity contribution in [2.75, 3.05) is 33.3 Å². The highest BCUT2D eigenvalue weighted by molar-refractivity contribution is 14.0. The van der Waals surface area contributed by atoms with Crippen LogP contribution in [0.4, 0.5) is 0 Å². The van der Waals surface area contributed by atoms with E-state index < -0.39 is 0 Å². The molecule has 0 amide bonds. The number of nitrogens with one attached hydrogen (secondary N) is 2. The number of H-pyrrole nitrogens is 1. The van der Waals surface area contributed by atoms with Crippen LogP contribution in [0.1, 0.15) is 54.7 Å². The molecule has 0 spiro atoms. The third kappa shape index (κ3) is 5.51. The van der Waals surface area contributed by atoms with Crippen LogP contribution in [0.25, 0.3) is 0 Å². The molecule has 7 nitrogen and oxygen atoms in total. The predicted octanol–water partition coefficient (Wildman–Crippen LogP) is 3.65. The van der Waals surface area contributed by atoms with Crippen molar-refractivity contribution in [2.45, 2.75) is 44.6 Å². The third-order valence-electron chi connectivity index (χ3n) is 6.20. The lowest BCUT2D eigenvalue weighted by atomic mass is 9.89. The van der Waals surface area contributed by atoms with Gasteiger partial charge in [-0.1, -0.05) is 29.8 Å². The molecule has 1 aromatic carbocycles. The first kappa shape index (κ1) is 23.0. The van der Waals surface area contributed by atoms with Crippen LogP contribution in [0.15, 0.2) is 35.6 Å². The lowest BCUT2D eigenvalue weighted by molar-refractivity contribution is -0.0267. The Bertz CT molecular complexity index is 786. The number of aliphatic imine (C=N–C) groups is 1. The molecule has 0 radical (unpaired) electrons. The predicted molar refractivity (Wildman–Crippen MR) is 129 cm³/mol. The highest BCUT2D eigenvalue weighted by Gasteiger charge is 2.29. The summed E-state index contributed by atoms with van der Waals surface area (Å²) in [5, 5.41) is 10.6. The van der Waals surface area contributed by atoms with Crippen molar-refractivity contribution in [3.63, 3.8) is 0 Å². The number of hydrogen-bond acceptors (Lipinski definition) is 4. The Morgan fingerprint density at radius 2 is 2.00 bits per heavy atom. The second kappa shape index (κ2) is 11.1. The molecule has 0 bridgehead atoms. The normalized spacial score (nSPS) is 23.1. The zero-order valence-electron chi connectivity index (χ0n) is 17.9. The summed E-state index contributed by atoms with van der Waals surface area (Å²) in [7, 11) is 1.87. The average molecular weight is 524 g/mol. The van der Waals surface area contributed by atoms with E-state index in [-0.39, 0.29) is 30.1 Å². The number of nitrogens with zero attached hydrogens (tertiary/aromatic N) is 4. The summed E-state index contributed by atoms with van der Waals surface area (Å²) in [6, 6.07) is 8.77. The number of piperidine rings is 1. The van der Waals surface area contributed by atoms with Gasteiger partial charge in [0.25, 0.3) is 0 Å². The van der Waals surface area contributed by atoms with Crippen molar-refractivity contribution in [1.82, 2.24) is 25.4 Å². The number of rotatable bonds is 4. The molecule has 2 fully saturated rings. The van der Waals surface area contributed by atoms with E-state index in [1.165, 1.54) is 17.5 Å². The average Bonchev–Trinajstić information content (AvgIpc) is 3.31. The van der Waals surface area contributed by atoms with Crippen LogP contribution in [-0.4, -0.2) is 59.3 Å². The van der Waals surface area contributed by atoms with Gasteiger partial charge in [0.1, 0.15) is 12.2 Å². The summed E-state index contributed by atoms with van der Waals surface area (Å²) in [6.07, 6.45) is 6.18. The molecule has 0 saturated carbocycles. The molecule has 1 aromatic heterocycles. The molecule has 4 rings (SSSR count). The van der Waals surface area contributed by atoms with E-state index in [1.54, 1.807) is 6.33 Å². The number of aromatic nitrogens is 3. The van der Waals surface area contributed by atoms with Gasteiger partial charge in [-0.3, -0.25) is 10.1 Å². The molecule has 30 heavy (non-hydrogen) atoms. The Balaban J connectivity index is 0.00000256. The number of aryl methyl sites for hydroxylation is 1.